The van der Waals surface area contributed by atoms with Crippen LogP contribution >= 0.6 is 11.6 Å². The molecule has 1 aromatic rings. The number of methoxy groups -OCH3 is 1. The van der Waals surface area contributed by atoms with E-state index in [2.05, 4.69) is 0 Å². The molecule has 1 aromatic carbocycles. The fourth-order valence-corrected chi connectivity index (χ4v) is 5.18. The molecule has 1 fully saturated rings. The molecule has 0 amide bonds. The minimum atomic E-state index is -3.17. The lowest BCUT2D eigenvalue weighted by atomic mass is 10.0. The Morgan fingerprint density at radius 1 is 1.37 bits per heavy atom. The van der Waals surface area contributed by atoms with Gasteiger partial charge < -0.3 is 10.5 Å². The highest BCUT2D eigenvalue weighted by atomic mass is 35.5. The molecule has 106 valence electrons. The summed E-state index contributed by atoms with van der Waals surface area (Å²) in [5.41, 5.74) is 6.26. The average Bonchev–Trinajstić information content (AvgIpc) is 3.00. The predicted octanol–water partition coefficient (Wildman–Crippen LogP) is 1.44. The first-order valence-corrected chi connectivity index (χ1v) is 8.33. The van der Waals surface area contributed by atoms with E-state index < -0.39 is 20.5 Å². The summed E-state index contributed by atoms with van der Waals surface area (Å²) in [7, 11) is -1.61. The predicted molar refractivity (Wildman–Crippen MR) is 76.2 cm³/mol. The summed E-state index contributed by atoms with van der Waals surface area (Å²) in [5.74, 6) is -0.121. The quantitative estimate of drug-likeness (QED) is 0.893. The number of hydrogen-bond acceptors (Lipinski definition) is 4. The number of nitrogens with two attached hydrogens (primary N) is 1. The lowest BCUT2D eigenvalue weighted by molar-refractivity contribution is 0.142. The van der Waals surface area contributed by atoms with Crippen LogP contribution in [0.15, 0.2) is 24.3 Å². The zero-order chi connectivity index (χ0) is 14.3. The second kappa shape index (κ2) is 5.05. The van der Waals surface area contributed by atoms with Gasteiger partial charge in [-0.05, 0) is 17.7 Å². The minimum Gasteiger partial charge on any atom is -0.384 e. The molecule has 6 heteroatoms. The largest absolute Gasteiger partial charge is 0.384 e. The molecular weight excluding hydrogens is 286 g/mol. The Labute approximate surface area is 118 Å². The molecule has 0 aliphatic heterocycles. The van der Waals surface area contributed by atoms with Crippen LogP contribution in [0.2, 0.25) is 5.02 Å². The molecule has 19 heavy (non-hydrogen) atoms. The molecule has 3 atom stereocenters. The topological polar surface area (TPSA) is 69.4 Å². The number of hydrogen-bond donors (Lipinski definition) is 1. The van der Waals surface area contributed by atoms with Gasteiger partial charge in [0.2, 0.25) is 0 Å². The normalized spacial score (nSPS) is 30.3. The van der Waals surface area contributed by atoms with Crippen molar-refractivity contribution in [1.29, 1.82) is 0 Å². The van der Waals surface area contributed by atoms with Gasteiger partial charge in [-0.2, -0.15) is 0 Å². The van der Waals surface area contributed by atoms with Crippen LogP contribution in [-0.2, 0) is 14.6 Å². The van der Waals surface area contributed by atoms with Crippen LogP contribution in [0, 0.1) is 5.41 Å². The molecule has 0 unspecified atom stereocenters. The van der Waals surface area contributed by atoms with Crippen LogP contribution in [0.1, 0.15) is 11.5 Å². The molecule has 2 rings (SSSR count). The molecule has 2 N–H and O–H groups in total. The van der Waals surface area contributed by atoms with Crippen molar-refractivity contribution in [1.82, 2.24) is 0 Å². The summed E-state index contributed by atoms with van der Waals surface area (Å²) in [5, 5.41) is 0.150. The van der Waals surface area contributed by atoms with Crippen molar-refractivity contribution in [3.05, 3.63) is 34.9 Å². The van der Waals surface area contributed by atoms with Crippen LogP contribution in [-0.4, -0.2) is 40.2 Å². The first-order valence-electron chi connectivity index (χ1n) is 6.00. The van der Waals surface area contributed by atoms with E-state index in [9.17, 15) is 8.42 Å². The molecular formula is C13H18ClNO3S. The fourth-order valence-electron chi connectivity index (χ4n) is 3.05. The minimum absolute atomic E-state index is 0.121. The van der Waals surface area contributed by atoms with Gasteiger partial charge in [0.05, 0.1) is 11.9 Å². The maximum atomic E-state index is 12.0. The van der Waals surface area contributed by atoms with Crippen LogP contribution in [0.5, 0.6) is 0 Å². The van der Waals surface area contributed by atoms with Gasteiger partial charge in [-0.1, -0.05) is 23.7 Å². The summed E-state index contributed by atoms with van der Waals surface area (Å²) < 4.78 is 29.1. The second-order valence-electron chi connectivity index (χ2n) is 5.15. The van der Waals surface area contributed by atoms with Gasteiger partial charge in [0.1, 0.15) is 0 Å². The molecule has 1 aliphatic rings. The van der Waals surface area contributed by atoms with Gasteiger partial charge in [-0.25, -0.2) is 8.42 Å². The standard InChI is InChI=1S/C13H18ClNO3S/c1-18-8-13(7-15)11(12(13)19(2,16)17)9-3-5-10(14)6-4-9/h3-6,11-12H,7-8,15H2,1-2H3/t11-,12+,13-/m1/s1. The highest BCUT2D eigenvalue weighted by Crippen LogP contribution is 2.62. The molecule has 1 saturated carbocycles. The molecule has 0 heterocycles. The van der Waals surface area contributed by atoms with Crippen LogP contribution in [0.25, 0.3) is 0 Å². The number of sulfone groups is 1. The van der Waals surface area contributed by atoms with Gasteiger partial charge in [0.25, 0.3) is 0 Å². The van der Waals surface area contributed by atoms with E-state index in [4.69, 9.17) is 22.1 Å². The zero-order valence-corrected chi connectivity index (χ0v) is 12.5. The third-order valence-electron chi connectivity index (χ3n) is 3.86. The number of rotatable bonds is 5. The second-order valence-corrected chi connectivity index (χ2v) is 7.75. The smallest absolute Gasteiger partial charge is 0.151 e. The van der Waals surface area contributed by atoms with E-state index in [1.807, 2.05) is 12.1 Å². The van der Waals surface area contributed by atoms with Crippen molar-refractivity contribution < 1.29 is 13.2 Å². The van der Waals surface area contributed by atoms with Crippen molar-refractivity contribution >= 4 is 21.4 Å². The van der Waals surface area contributed by atoms with Gasteiger partial charge in [0, 0.05) is 36.3 Å². The fraction of sp³-hybridized carbons (Fsp3) is 0.538. The maximum Gasteiger partial charge on any atom is 0.151 e. The van der Waals surface area contributed by atoms with Crippen LogP contribution < -0.4 is 5.73 Å². The summed E-state index contributed by atoms with van der Waals surface area (Å²) in [6, 6.07) is 7.25. The lowest BCUT2D eigenvalue weighted by Crippen LogP contribution is -2.28. The van der Waals surface area contributed by atoms with Crippen molar-refractivity contribution in [3.8, 4) is 0 Å². The molecule has 0 bridgehead atoms. The number of benzene rings is 1. The van der Waals surface area contributed by atoms with Crippen molar-refractivity contribution in [2.24, 2.45) is 11.1 Å². The molecule has 0 spiro atoms. The number of halogens is 1. The zero-order valence-electron chi connectivity index (χ0n) is 11.0. The van der Waals surface area contributed by atoms with E-state index in [-0.39, 0.29) is 12.5 Å². The Hall–Kier alpha value is -0.620. The first kappa shape index (κ1) is 14.8. The van der Waals surface area contributed by atoms with E-state index in [1.54, 1.807) is 19.2 Å². The molecule has 4 nitrogen and oxygen atoms in total. The Morgan fingerprint density at radius 2 is 1.95 bits per heavy atom. The van der Waals surface area contributed by atoms with Gasteiger partial charge in [-0.3, -0.25) is 0 Å². The molecule has 1 aliphatic carbocycles. The molecule has 0 saturated heterocycles. The number of ether oxygens (including phenoxy) is 1. The highest BCUT2D eigenvalue weighted by molar-refractivity contribution is 7.91. The SMILES string of the molecule is COC[C@]1(CN)[C@H](c2ccc(Cl)cc2)[C@@H]1S(C)(=O)=O. The van der Waals surface area contributed by atoms with Gasteiger partial charge >= 0.3 is 0 Å². The van der Waals surface area contributed by atoms with Crippen molar-refractivity contribution in [2.75, 3.05) is 26.5 Å². The maximum absolute atomic E-state index is 12.0. The third-order valence-corrected chi connectivity index (χ3v) is 5.78. The molecule has 0 aromatic heterocycles. The summed E-state index contributed by atoms with van der Waals surface area (Å²) in [6.45, 7) is 0.625. The van der Waals surface area contributed by atoms with Gasteiger partial charge in [0.15, 0.2) is 9.84 Å². The monoisotopic (exact) mass is 303 g/mol. The van der Waals surface area contributed by atoms with Crippen molar-refractivity contribution in [2.45, 2.75) is 11.2 Å². The van der Waals surface area contributed by atoms with E-state index in [1.165, 1.54) is 6.26 Å². The van der Waals surface area contributed by atoms with Gasteiger partial charge in [-0.15, -0.1) is 0 Å². The highest BCUT2D eigenvalue weighted by Gasteiger charge is 2.69. The lowest BCUT2D eigenvalue weighted by Gasteiger charge is -2.14. The third kappa shape index (κ3) is 2.52. The summed E-state index contributed by atoms with van der Waals surface area (Å²) in [4.78, 5) is 0. The van der Waals surface area contributed by atoms with Crippen LogP contribution in [0.3, 0.4) is 0 Å². The molecule has 0 radical (unpaired) electrons. The average molecular weight is 304 g/mol. The van der Waals surface area contributed by atoms with E-state index in [0.29, 0.717) is 11.6 Å². The Bertz CT molecular complexity index is 558. The van der Waals surface area contributed by atoms with Crippen LogP contribution in [0.4, 0.5) is 0 Å². The summed E-state index contributed by atoms with van der Waals surface area (Å²) >= 11 is 5.86. The van der Waals surface area contributed by atoms with E-state index in [0.717, 1.165) is 5.56 Å². The first-order chi connectivity index (χ1) is 8.86. The van der Waals surface area contributed by atoms with E-state index >= 15 is 0 Å². The van der Waals surface area contributed by atoms with Crippen molar-refractivity contribution in [3.63, 3.8) is 0 Å². The summed E-state index contributed by atoms with van der Waals surface area (Å²) in [6.07, 6.45) is 1.26. The Kier molecular flexibility index (Phi) is 3.93. The Morgan fingerprint density at radius 3 is 2.37 bits per heavy atom. The Balaban J connectivity index is 2.40.